The lowest BCUT2D eigenvalue weighted by molar-refractivity contribution is -0.384. The predicted octanol–water partition coefficient (Wildman–Crippen LogP) is 3.35. The Kier molecular flexibility index (Phi) is 3.67. The Morgan fingerprint density at radius 2 is 2.05 bits per heavy atom. The van der Waals surface area contributed by atoms with E-state index in [1.807, 2.05) is 13.8 Å². The molecular formula is C13H15ClN4O2. The number of nitrogen functional groups attached to an aromatic ring is 1. The summed E-state index contributed by atoms with van der Waals surface area (Å²) in [6.45, 7) is 3.99. The molecule has 0 radical (unpaired) electrons. The van der Waals surface area contributed by atoms with Crippen LogP contribution >= 0.6 is 11.6 Å². The van der Waals surface area contributed by atoms with Crippen LogP contribution in [0.3, 0.4) is 0 Å². The van der Waals surface area contributed by atoms with E-state index in [-0.39, 0.29) is 11.6 Å². The molecule has 0 fully saturated rings. The summed E-state index contributed by atoms with van der Waals surface area (Å²) in [5.74, 6) is 0.703. The Bertz CT molecular complexity index is 679. The van der Waals surface area contributed by atoms with Gasteiger partial charge in [-0.3, -0.25) is 14.8 Å². The molecule has 1 heterocycles. The first-order valence-electron chi connectivity index (χ1n) is 6.09. The summed E-state index contributed by atoms with van der Waals surface area (Å²) in [5.41, 5.74) is 8.04. The summed E-state index contributed by atoms with van der Waals surface area (Å²) >= 11 is 5.95. The van der Waals surface area contributed by atoms with Crippen molar-refractivity contribution >= 4 is 23.1 Å². The summed E-state index contributed by atoms with van der Waals surface area (Å²) < 4.78 is 1.57. The molecule has 0 atom stereocenters. The van der Waals surface area contributed by atoms with Gasteiger partial charge in [-0.15, -0.1) is 0 Å². The van der Waals surface area contributed by atoms with Gasteiger partial charge >= 0.3 is 0 Å². The van der Waals surface area contributed by atoms with E-state index < -0.39 is 4.92 Å². The maximum atomic E-state index is 10.9. The number of nitro benzene ring substituents is 1. The third-order valence-corrected chi connectivity index (χ3v) is 3.29. The number of non-ortho nitro benzene ring substituents is 1. The van der Waals surface area contributed by atoms with Crippen molar-refractivity contribution in [1.29, 1.82) is 0 Å². The quantitative estimate of drug-likeness (QED) is 0.694. The SMILES string of the molecule is CC(C)c1c(-c2cc(Cl)cc([N+](=O)[O-])c2)nn(C)c1N. The summed E-state index contributed by atoms with van der Waals surface area (Å²) in [6.07, 6.45) is 0. The van der Waals surface area contributed by atoms with Crippen LogP contribution in [0.25, 0.3) is 11.3 Å². The molecule has 0 saturated heterocycles. The molecule has 0 amide bonds. The Hall–Kier alpha value is -2.08. The van der Waals surface area contributed by atoms with Crippen LogP contribution in [0.15, 0.2) is 18.2 Å². The van der Waals surface area contributed by atoms with Crippen molar-refractivity contribution in [1.82, 2.24) is 9.78 Å². The molecule has 2 aromatic rings. The normalized spacial score (nSPS) is 11.1. The average Bonchev–Trinajstić information content (AvgIpc) is 2.65. The number of aryl methyl sites for hydroxylation is 1. The monoisotopic (exact) mass is 294 g/mol. The Labute approximate surface area is 121 Å². The van der Waals surface area contributed by atoms with Crippen LogP contribution in [0.4, 0.5) is 11.5 Å². The van der Waals surface area contributed by atoms with Crippen LogP contribution in [0.2, 0.25) is 5.02 Å². The van der Waals surface area contributed by atoms with Crippen molar-refractivity contribution in [3.8, 4) is 11.3 Å². The molecule has 0 aliphatic rings. The molecular weight excluding hydrogens is 280 g/mol. The van der Waals surface area contributed by atoms with Crippen molar-refractivity contribution in [2.75, 3.05) is 5.73 Å². The van der Waals surface area contributed by atoms with Crippen molar-refractivity contribution in [2.45, 2.75) is 19.8 Å². The van der Waals surface area contributed by atoms with Crippen molar-refractivity contribution in [3.63, 3.8) is 0 Å². The molecule has 0 spiro atoms. The molecule has 0 saturated carbocycles. The van der Waals surface area contributed by atoms with Gasteiger partial charge in [0.1, 0.15) is 5.82 Å². The fourth-order valence-electron chi connectivity index (χ4n) is 2.15. The number of nitro groups is 1. The third-order valence-electron chi connectivity index (χ3n) is 3.07. The number of rotatable bonds is 3. The van der Waals surface area contributed by atoms with E-state index in [0.717, 1.165) is 5.56 Å². The second-order valence-corrected chi connectivity index (χ2v) is 5.32. The molecule has 0 aliphatic carbocycles. The maximum Gasteiger partial charge on any atom is 0.271 e. The van der Waals surface area contributed by atoms with Crippen LogP contribution in [-0.2, 0) is 7.05 Å². The lowest BCUT2D eigenvalue weighted by atomic mass is 9.98. The number of benzene rings is 1. The number of hydrogen-bond acceptors (Lipinski definition) is 4. The summed E-state index contributed by atoms with van der Waals surface area (Å²) in [6, 6.07) is 4.42. The summed E-state index contributed by atoms with van der Waals surface area (Å²) in [5, 5.41) is 15.6. The number of hydrogen-bond donors (Lipinski definition) is 1. The molecule has 106 valence electrons. The number of halogens is 1. The topological polar surface area (TPSA) is 87.0 Å². The Morgan fingerprint density at radius 3 is 2.60 bits per heavy atom. The van der Waals surface area contributed by atoms with Gasteiger partial charge < -0.3 is 5.73 Å². The second kappa shape index (κ2) is 5.13. The van der Waals surface area contributed by atoms with E-state index in [9.17, 15) is 10.1 Å². The highest BCUT2D eigenvalue weighted by Gasteiger charge is 2.20. The highest BCUT2D eigenvalue weighted by Crippen LogP contribution is 2.35. The van der Waals surface area contributed by atoms with Crippen LogP contribution in [0, 0.1) is 10.1 Å². The fourth-order valence-corrected chi connectivity index (χ4v) is 2.38. The fraction of sp³-hybridized carbons (Fsp3) is 0.308. The van der Waals surface area contributed by atoms with Crippen molar-refractivity contribution in [2.24, 2.45) is 7.05 Å². The summed E-state index contributed by atoms with van der Waals surface area (Å²) in [4.78, 5) is 10.4. The van der Waals surface area contributed by atoms with Crippen molar-refractivity contribution < 1.29 is 4.92 Å². The molecule has 2 N–H and O–H groups in total. The van der Waals surface area contributed by atoms with E-state index in [4.69, 9.17) is 17.3 Å². The molecule has 6 nitrogen and oxygen atoms in total. The van der Waals surface area contributed by atoms with Crippen LogP contribution < -0.4 is 5.73 Å². The van der Waals surface area contributed by atoms with Crippen molar-refractivity contribution in [3.05, 3.63) is 38.9 Å². The average molecular weight is 295 g/mol. The van der Waals surface area contributed by atoms with Gasteiger partial charge in [-0.1, -0.05) is 25.4 Å². The molecule has 0 aliphatic heterocycles. The minimum atomic E-state index is -0.475. The van der Waals surface area contributed by atoms with Gasteiger partial charge in [0, 0.05) is 35.3 Å². The van der Waals surface area contributed by atoms with Gasteiger partial charge in [-0.25, -0.2) is 0 Å². The maximum absolute atomic E-state index is 10.9. The number of nitrogens with two attached hydrogens (primary N) is 1. The largest absolute Gasteiger partial charge is 0.384 e. The highest BCUT2D eigenvalue weighted by atomic mass is 35.5. The number of nitrogens with zero attached hydrogens (tertiary/aromatic N) is 3. The van der Waals surface area contributed by atoms with Gasteiger partial charge in [0.05, 0.1) is 10.6 Å². The van der Waals surface area contributed by atoms with Crippen LogP contribution in [0.5, 0.6) is 0 Å². The van der Waals surface area contributed by atoms with Crippen LogP contribution in [0.1, 0.15) is 25.3 Å². The molecule has 7 heteroatoms. The Balaban J connectivity index is 2.68. The molecule has 2 rings (SSSR count). The van der Waals surface area contributed by atoms with Gasteiger partial charge in [0.15, 0.2) is 0 Å². The highest BCUT2D eigenvalue weighted by molar-refractivity contribution is 6.31. The minimum absolute atomic E-state index is 0.0635. The molecule has 1 aromatic carbocycles. The smallest absolute Gasteiger partial charge is 0.271 e. The van der Waals surface area contributed by atoms with Gasteiger partial charge in [-0.05, 0) is 12.0 Å². The number of anilines is 1. The minimum Gasteiger partial charge on any atom is -0.384 e. The van der Waals surface area contributed by atoms with E-state index in [1.54, 1.807) is 17.8 Å². The third kappa shape index (κ3) is 2.46. The molecule has 0 unspecified atom stereocenters. The van der Waals surface area contributed by atoms with Crippen LogP contribution in [-0.4, -0.2) is 14.7 Å². The zero-order valence-electron chi connectivity index (χ0n) is 11.4. The lowest BCUT2D eigenvalue weighted by Gasteiger charge is -2.07. The predicted molar refractivity (Wildman–Crippen MR) is 78.8 cm³/mol. The Morgan fingerprint density at radius 1 is 1.40 bits per heavy atom. The van der Waals surface area contributed by atoms with Gasteiger partial charge in [-0.2, -0.15) is 5.10 Å². The first-order valence-corrected chi connectivity index (χ1v) is 6.46. The number of aromatic nitrogens is 2. The first kappa shape index (κ1) is 14.3. The lowest BCUT2D eigenvalue weighted by Crippen LogP contribution is -2.00. The summed E-state index contributed by atoms with van der Waals surface area (Å²) in [7, 11) is 1.74. The van der Waals surface area contributed by atoms with E-state index in [0.29, 0.717) is 22.1 Å². The molecule has 20 heavy (non-hydrogen) atoms. The van der Waals surface area contributed by atoms with Gasteiger partial charge in [0.25, 0.3) is 5.69 Å². The standard InChI is InChI=1S/C13H15ClN4O2/c1-7(2)11-12(16-17(3)13(11)15)8-4-9(14)6-10(5-8)18(19)20/h4-7H,15H2,1-3H3. The van der Waals surface area contributed by atoms with Gasteiger partial charge in [0.2, 0.25) is 0 Å². The van der Waals surface area contributed by atoms with E-state index in [2.05, 4.69) is 5.10 Å². The van der Waals surface area contributed by atoms with E-state index in [1.165, 1.54) is 12.1 Å². The second-order valence-electron chi connectivity index (χ2n) is 4.88. The zero-order chi connectivity index (χ0) is 15.0. The van der Waals surface area contributed by atoms with E-state index >= 15 is 0 Å². The molecule has 0 bridgehead atoms. The molecule has 1 aromatic heterocycles. The first-order chi connectivity index (χ1) is 9.31. The zero-order valence-corrected chi connectivity index (χ0v) is 12.2.